The number of rotatable bonds is 2. The quantitative estimate of drug-likeness (QED) is 0.758. The van der Waals surface area contributed by atoms with Crippen LogP contribution in [0.15, 0.2) is 18.2 Å². The first-order valence-electron chi connectivity index (χ1n) is 4.75. The summed E-state index contributed by atoms with van der Waals surface area (Å²) in [6.45, 7) is 4.06. The molecule has 0 bridgehead atoms. The summed E-state index contributed by atoms with van der Waals surface area (Å²) in [6.07, 6.45) is 0. The van der Waals surface area contributed by atoms with Crippen molar-refractivity contribution in [3.63, 3.8) is 0 Å². The molecule has 3 N–H and O–H groups in total. The van der Waals surface area contributed by atoms with Crippen LogP contribution in [0.3, 0.4) is 0 Å². The number of aromatic nitrogens is 4. The van der Waals surface area contributed by atoms with Crippen molar-refractivity contribution < 1.29 is 0 Å². The highest BCUT2D eigenvalue weighted by Crippen LogP contribution is 2.22. The molecule has 1 aromatic heterocycles. The Morgan fingerprint density at radius 2 is 1.93 bits per heavy atom. The van der Waals surface area contributed by atoms with Crippen LogP contribution in [0.4, 0.5) is 0 Å². The number of tetrazole rings is 1. The highest BCUT2D eigenvalue weighted by molar-refractivity contribution is 5.38. The topological polar surface area (TPSA) is 80.5 Å². The average Bonchev–Trinajstić information content (AvgIpc) is 2.69. The van der Waals surface area contributed by atoms with Gasteiger partial charge in [0.05, 0.1) is 6.04 Å². The van der Waals surface area contributed by atoms with E-state index < -0.39 is 0 Å². The zero-order chi connectivity index (χ0) is 10.8. The van der Waals surface area contributed by atoms with E-state index in [1.54, 1.807) is 0 Å². The van der Waals surface area contributed by atoms with E-state index in [1.807, 2.05) is 32.0 Å². The van der Waals surface area contributed by atoms with E-state index in [4.69, 9.17) is 5.73 Å². The fourth-order valence-electron chi connectivity index (χ4n) is 1.75. The number of hydrogen-bond acceptors (Lipinski definition) is 4. The summed E-state index contributed by atoms with van der Waals surface area (Å²) < 4.78 is 0. The number of nitrogens with one attached hydrogen (secondary N) is 1. The van der Waals surface area contributed by atoms with Crippen LogP contribution in [-0.2, 0) is 0 Å². The molecule has 78 valence electrons. The normalized spacial score (nSPS) is 12.7. The zero-order valence-electron chi connectivity index (χ0n) is 8.73. The molecule has 15 heavy (non-hydrogen) atoms. The van der Waals surface area contributed by atoms with Gasteiger partial charge in [-0.2, -0.15) is 5.21 Å². The second-order valence-electron chi connectivity index (χ2n) is 3.55. The molecule has 1 unspecified atom stereocenters. The molecule has 1 aromatic carbocycles. The predicted octanol–water partition coefficient (Wildman–Crippen LogP) is 0.865. The molecule has 1 atom stereocenters. The molecule has 2 aromatic rings. The van der Waals surface area contributed by atoms with Crippen LogP contribution < -0.4 is 5.73 Å². The first-order valence-corrected chi connectivity index (χ1v) is 4.75. The summed E-state index contributed by atoms with van der Waals surface area (Å²) in [5.74, 6) is 0.521. The summed E-state index contributed by atoms with van der Waals surface area (Å²) in [6, 6.07) is 5.76. The van der Waals surface area contributed by atoms with Crippen molar-refractivity contribution in [2.24, 2.45) is 5.73 Å². The van der Waals surface area contributed by atoms with Gasteiger partial charge in [-0.1, -0.05) is 23.4 Å². The van der Waals surface area contributed by atoms with Crippen LogP contribution in [0.25, 0.3) is 0 Å². The Morgan fingerprint density at radius 1 is 1.27 bits per heavy atom. The molecule has 0 aliphatic rings. The number of hydrogen-bond donors (Lipinski definition) is 2. The Balaban J connectivity index is 2.46. The minimum atomic E-state index is -0.315. The third-order valence-electron chi connectivity index (χ3n) is 2.49. The maximum Gasteiger partial charge on any atom is 0.195 e. The Morgan fingerprint density at radius 3 is 2.47 bits per heavy atom. The molecule has 0 saturated carbocycles. The lowest BCUT2D eigenvalue weighted by Gasteiger charge is -2.13. The van der Waals surface area contributed by atoms with Crippen LogP contribution in [0, 0.1) is 13.8 Å². The van der Waals surface area contributed by atoms with Crippen molar-refractivity contribution >= 4 is 0 Å². The van der Waals surface area contributed by atoms with Crippen molar-refractivity contribution in [3.05, 3.63) is 40.7 Å². The van der Waals surface area contributed by atoms with E-state index in [0.717, 1.165) is 16.7 Å². The van der Waals surface area contributed by atoms with E-state index in [0.29, 0.717) is 5.82 Å². The molecule has 0 amide bonds. The molecule has 0 spiro atoms. The van der Waals surface area contributed by atoms with E-state index in [-0.39, 0.29) is 6.04 Å². The molecule has 0 saturated heterocycles. The molecule has 0 aliphatic heterocycles. The smallest absolute Gasteiger partial charge is 0.195 e. The molecule has 2 rings (SSSR count). The first-order chi connectivity index (χ1) is 7.20. The molecular weight excluding hydrogens is 190 g/mol. The van der Waals surface area contributed by atoms with Crippen molar-refractivity contribution in [2.45, 2.75) is 19.9 Å². The average molecular weight is 203 g/mol. The van der Waals surface area contributed by atoms with Gasteiger partial charge in [0.15, 0.2) is 5.82 Å². The van der Waals surface area contributed by atoms with Gasteiger partial charge in [-0.25, -0.2) is 0 Å². The fourth-order valence-corrected chi connectivity index (χ4v) is 1.75. The molecular formula is C10H13N5. The summed E-state index contributed by atoms with van der Waals surface area (Å²) in [4.78, 5) is 0. The third-order valence-corrected chi connectivity index (χ3v) is 2.49. The van der Waals surface area contributed by atoms with Gasteiger partial charge in [0.25, 0.3) is 0 Å². The number of nitrogens with zero attached hydrogens (tertiary/aromatic N) is 3. The SMILES string of the molecule is Cc1cccc(C)c1C(N)c1nn[nH]n1. The fraction of sp³-hybridized carbons (Fsp3) is 0.300. The molecule has 0 aliphatic carbocycles. The zero-order valence-corrected chi connectivity index (χ0v) is 8.73. The molecule has 5 heteroatoms. The van der Waals surface area contributed by atoms with Crippen LogP contribution in [0.5, 0.6) is 0 Å². The summed E-state index contributed by atoms with van der Waals surface area (Å²) in [7, 11) is 0. The monoisotopic (exact) mass is 203 g/mol. The summed E-state index contributed by atoms with van der Waals surface area (Å²) >= 11 is 0. The van der Waals surface area contributed by atoms with Crippen molar-refractivity contribution in [2.75, 3.05) is 0 Å². The standard InChI is InChI=1S/C10H13N5/c1-6-4-3-5-7(2)8(6)9(11)10-12-14-15-13-10/h3-5,9H,11H2,1-2H3,(H,12,13,14,15). The van der Waals surface area contributed by atoms with Crippen LogP contribution >= 0.6 is 0 Å². The lowest BCUT2D eigenvalue weighted by molar-refractivity contribution is 0.773. The van der Waals surface area contributed by atoms with Gasteiger partial charge in [0.2, 0.25) is 0 Å². The van der Waals surface area contributed by atoms with E-state index in [9.17, 15) is 0 Å². The number of H-pyrrole nitrogens is 1. The highest BCUT2D eigenvalue weighted by atomic mass is 15.5. The minimum Gasteiger partial charge on any atom is -0.318 e. The summed E-state index contributed by atoms with van der Waals surface area (Å²) in [5.41, 5.74) is 9.44. The maximum atomic E-state index is 6.08. The lowest BCUT2D eigenvalue weighted by atomic mass is 9.96. The van der Waals surface area contributed by atoms with Gasteiger partial charge < -0.3 is 5.73 Å². The van der Waals surface area contributed by atoms with Gasteiger partial charge in [-0.15, -0.1) is 10.2 Å². The largest absolute Gasteiger partial charge is 0.318 e. The van der Waals surface area contributed by atoms with Crippen LogP contribution in [-0.4, -0.2) is 20.6 Å². The number of aryl methyl sites for hydroxylation is 2. The highest BCUT2D eigenvalue weighted by Gasteiger charge is 2.17. The second-order valence-corrected chi connectivity index (χ2v) is 3.55. The van der Waals surface area contributed by atoms with Crippen molar-refractivity contribution in [1.82, 2.24) is 20.6 Å². The lowest BCUT2D eigenvalue weighted by Crippen LogP contribution is -2.16. The third kappa shape index (κ3) is 1.73. The van der Waals surface area contributed by atoms with Crippen molar-refractivity contribution in [1.29, 1.82) is 0 Å². The maximum absolute atomic E-state index is 6.08. The Kier molecular flexibility index (Phi) is 2.47. The van der Waals surface area contributed by atoms with E-state index in [1.165, 1.54) is 0 Å². The number of aromatic amines is 1. The molecule has 1 heterocycles. The van der Waals surface area contributed by atoms with E-state index >= 15 is 0 Å². The van der Waals surface area contributed by atoms with Gasteiger partial charge in [-0.05, 0) is 30.5 Å². The van der Waals surface area contributed by atoms with Gasteiger partial charge >= 0.3 is 0 Å². The van der Waals surface area contributed by atoms with Crippen molar-refractivity contribution in [3.8, 4) is 0 Å². The Hall–Kier alpha value is -1.75. The van der Waals surface area contributed by atoms with Gasteiger partial charge in [0.1, 0.15) is 0 Å². The van der Waals surface area contributed by atoms with E-state index in [2.05, 4.69) is 20.6 Å². The summed E-state index contributed by atoms with van der Waals surface area (Å²) in [5, 5.41) is 13.7. The molecule has 5 nitrogen and oxygen atoms in total. The Bertz CT molecular complexity index is 429. The minimum absolute atomic E-state index is 0.315. The predicted molar refractivity (Wildman–Crippen MR) is 56.1 cm³/mol. The number of nitrogens with two attached hydrogens (primary N) is 1. The first kappa shape index (κ1) is 9.79. The van der Waals surface area contributed by atoms with Crippen LogP contribution in [0.2, 0.25) is 0 Å². The van der Waals surface area contributed by atoms with Gasteiger partial charge in [-0.3, -0.25) is 0 Å². The molecule has 0 fully saturated rings. The van der Waals surface area contributed by atoms with Gasteiger partial charge in [0, 0.05) is 0 Å². The van der Waals surface area contributed by atoms with Crippen LogP contribution in [0.1, 0.15) is 28.6 Å². The number of benzene rings is 1. The molecule has 0 radical (unpaired) electrons. The second kappa shape index (κ2) is 3.78. The Labute approximate surface area is 87.7 Å².